The fourth-order valence-electron chi connectivity index (χ4n) is 2.54. The van der Waals surface area contributed by atoms with E-state index in [4.69, 9.17) is 0 Å². The third-order valence-electron chi connectivity index (χ3n) is 3.52. The van der Waals surface area contributed by atoms with Gasteiger partial charge in [0.1, 0.15) is 0 Å². The van der Waals surface area contributed by atoms with Crippen LogP contribution in [0.2, 0.25) is 0 Å². The van der Waals surface area contributed by atoms with Crippen LogP contribution < -0.4 is 0 Å². The summed E-state index contributed by atoms with van der Waals surface area (Å²) in [7, 11) is 0. The van der Waals surface area contributed by atoms with Crippen LogP contribution >= 0.6 is 12.6 Å². The maximum Gasteiger partial charge on any atom is 0.00403 e. The molecule has 3 rings (SSSR count). The van der Waals surface area contributed by atoms with Crippen molar-refractivity contribution in [3.63, 3.8) is 0 Å². The second-order valence-corrected chi connectivity index (χ2v) is 5.29. The van der Waals surface area contributed by atoms with Crippen molar-refractivity contribution in [1.29, 1.82) is 0 Å². The van der Waals surface area contributed by atoms with E-state index in [-0.39, 0.29) is 0 Å². The molecular formula is C17H16S. The summed E-state index contributed by atoms with van der Waals surface area (Å²) in [5, 5.41) is 0. The van der Waals surface area contributed by atoms with E-state index in [9.17, 15) is 0 Å². The minimum atomic E-state index is 1.02. The maximum absolute atomic E-state index is 4.34. The van der Waals surface area contributed by atoms with Crippen LogP contribution in [0.4, 0.5) is 0 Å². The van der Waals surface area contributed by atoms with Crippen molar-refractivity contribution in [1.82, 2.24) is 0 Å². The first-order chi connectivity index (χ1) is 8.83. The van der Waals surface area contributed by atoms with Gasteiger partial charge >= 0.3 is 0 Å². The summed E-state index contributed by atoms with van der Waals surface area (Å²) in [6.07, 6.45) is 5.91. The van der Waals surface area contributed by atoms with Gasteiger partial charge in [-0.05, 0) is 53.7 Å². The van der Waals surface area contributed by atoms with Crippen LogP contribution in [-0.2, 0) is 6.42 Å². The summed E-state index contributed by atoms with van der Waals surface area (Å²) >= 11 is 4.34. The van der Waals surface area contributed by atoms with Crippen LogP contribution in [0.1, 0.15) is 29.5 Å². The van der Waals surface area contributed by atoms with Gasteiger partial charge in [-0.3, -0.25) is 0 Å². The smallest absolute Gasteiger partial charge is 0.00403 e. The van der Waals surface area contributed by atoms with E-state index in [1.165, 1.54) is 35.1 Å². The normalized spacial score (nSPS) is 14.6. The van der Waals surface area contributed by atoms with Crippen LogP contribution in [0.15, 0.2) is 53.4 Å². The first-order valence-electron chi connectivity index (χ1n) is 6.41. The Morgan fingerprint density at radius 3 is 2.44 bits per heavy atom. The van der Waals surface area contributed by atoms with E-state index in [0.29, 0.717) is 0 Å². The molecule has 1 aliphatic carbocycles. The molecule has 90 valence electrons. The van der Waals surface area contributed by atoms with Crippen molar-refractivity contribution in [2.24, 2.45) is 0 Å². The lowest BCUT2D eigenvalue weighted by molar-refractivity contribution is 0.860. The Balaban J connectivity index is 2.03. The predicted molar refractivity (Wildman–Crippen MR) is 80.9 cm³/mol. The zero-order valence-electron chi connectivity index (χ0n) is 10.3. The monoisotopic (exact) mass is 252 g/mol. The molecule has 0 spiro atoms. The lowest BCUT2D eigenvalue weighted by Gasteiger charge is -2.05. The van der Waals surface area contributed by atoms with Gasteiger partial charge in [0, 0.05) is 4.90 Å². The Bertz CT molecular complexity index is 579. The Hall–Kier alpha value is -1.47. The second kappa shape index (κ2) is 5.03. The van der Waals surface area contributed by atoms with Gasteiger partial charge in [-0.2, -0.15) is 0 Å². The van der Waals surface area contributed by atoms with Crippen molar-refractivity contribution >= 4 is 24.3 Å². The standard InChI is InChI=1S/C17H16S/c18-17-10-8-14(9-11-17)16-7-3-6-13-4-1-2-5-15(13)12-16/h1-2,4-5,8-12,18H,3,6-7H2. The molecular weight excluding hydrogens is 236 g/mol. The predicted octanol–water partition coefficient (Wildman–Crippen LogP) is 4.85. The molecule has 0 atom stereocenters. The van der Waals surface area contributed by atoms with E-state index < -0.39 is 0 Å². The molecule has 0 nitrogen and oxygen atoms in total. The fraction of sp³-hybridized carbons (Fsp3) is 0.176. The Morgan fingerprint density at radius 1 is 0.833 bits per heavy atom. The van der Waals surface area contributed by atoms with Crippen molar-refractivity contribution in [2.75, 3.05) is 0 Å². The largest absolute Gasteiger partial charge is 0.143 e. The van der Waals surface area contributed by atoms with Gasteiger partial charge in [-0.25, -0.2) is 0 Å². The van der Waals surface area contributed by atoms with Crippen LogP contribution in [0.25, 0.3) is 11.6 Å². The summed E-state index contributed by atoms with van der Waals surface area (Å²) in [4.78, 5) is 1.02. The van der Waals surface area contributed by atoms with E-state index in [2.05, 4.69) is 67.2 Å². The van der Waals surface area contributed by atoms with Crippen molar-refractivity contribution < 1.29 is 0 Å². The molecule has 0 aromatic heterocycles. The van der Waals surface area contributed by atoms with Gasteiger partial charge in [0.15, 0.2) is 0 Å². The van der Waals surface area contributed by atoms with Gasteiger partial charge < -0.3 is 0 Å². The van der Waals surface area contributed by atoms with Crippen LogP contribution in [0, 0.1) is 0 Å². The first-order valence-corrected chi connectivity index (χ1v) is 6.85. The number of rotatable bonds is 1. The second-order valence-electron chi connectivity index (χ2n) is 4.77. The molecule has 0 saturated heterocycles. The molecule has 1 aliphatic rings. The molecule has 1 heteroatoms. The average molecular weight is 252 g/mol. The molecule has 2 aromatic rings. The highest BCUT2D eigenvalue weighted by molar-refractivity contribution is 7.80. The Labute approximate surface area is 114 Å². The Morgan fingerprint density at radius 2 is 1.61 bits per heavy atom. The van der Waals surface area contributed by atoms with Crippen LogP contribution in [0.5, 0.6) is 0 Å². The molecule has 0 fully saturated rings. The fourth-order valence-corrected chi connectivity index (χ4v) is 2.68. The first kappa shape index (κ1) is 11.6. The highest BCUT2D eigenvalue weighted by Crippen LogP contribution is 2.29. The molecule has 0 bridgehead atoms. The van der Waals surface area contributed by atoms with E-state index in [1.807, 2.05) is 0 Å². The summed E-state index contributed by atoms with van der Waals surface area (Å²) in [5.74, 6) is 0. The maximum atomic E-state index is 4.34. The minimum Gasteiger partial charge on any atom is -0.143 e. The Kier molecular flexibility index (Phi) is 3.24. The van der Waals surface area contributed by atoms with Crippen molar-refractivity contribution in [3.05, 3.63) is 65.2 Å². The molecule has 0 radical (unpaired) electrons. The van der Waals surface area contributed by atoms with Crippen molar-refractivity contribution in [3.8, 4) is 0 Å². The quantitative estimate of drug-likeness (QED) is 0.689. The van der Waals surface area contributed by atoms with Gasteiger partial charge in [0.2, 0.25) is 0 Å². The number of thiol groups is 1. The van der Waals surface area contributed by atoms with E-state index >= 15 is 0 Å². The number of fused-ring (bicyclic) bond motifs is 1. The number of benzene rings is 2. The molecule has 0 N–H and O–H groups in total. The summed E-state index contributed by atoms with van der Waals surface area (Å²) in [5.41, 5.74) is 5.61. The molecule has 0 saturated carbocycles. The molecule has 0 amide bonds. The van der Waals surface area contributed by atoms with Crippen LogP contribution in [-0.4, -0.2) is 0 Å². The number of aryl methyl sites for hydroxylation is 1. The summed E-state index contributed by atoms with van der Waals surface area (Å²) in [6, 6.07) is 17.2. The SMILES string of the molecule is Sc1ccc(C2=Cc3ccccc3CCC2)cc1. The van der Waals surface area contributed by atoms with E-state index in [1.54, 1.807) is 0 Å². The van der Waals surface area contributed by atoms with E-state index in [0.717, 1.165) is 11.3 Å². The van der Waals surface area contributed by atoms with Gasteiger partial charge in [-0.15, -0.1) is 12.6 Å². The minimum absolute atomic E-state index is 1.02. The van der Waals surface area contributed by atoms with Gasteiger partial charge in [0.05, 0.1) is 0 Å². The molecule has 0 unspecified atom stereocenters. The van der Waals surface area contributed by atoms with Crippen LogP contribution in [0.3, 0.4) is 0 Å². The van der Waals surface area contributed by atoms with Gasteiger partial charge in [-0.1, -0.05) is 42.5 Å². The number of allylic oxidation sites excluding steroid dienone is 1. The number of hydrogen-bond acceptors (Lipinski definition) is 1. The third-order valence-corrected chi connectivity index (χ3v) is 3.81. The lowest BCUT2D eigenvalue weighted by atomic mass is 10.0. The molecule has 0 aliphatic heterocycles. The topological polar surface area (TPSA) is 0 Å². The average Bonchev–Trinajstić information content (AvgIpc) is 2.61. The van der Waals surface area contributed by atoms with Gasteiger partial charge in [0.25, 0.3) is 0 Å². The lowest BCUT2D eigenvalue weighted by Crippen LogP contribution is -1.85. The van der Waals surface area contributed by atoms with Crippen molar-refractivity contribution in [2.45, 2.75) is 24.2 Å². The summed E-state index contributed by atoms with van der Waals surface area (Å²) in [6.45, 7) is 0. The molecule has 0 heterocycles. The zero-order chi connectivity index (χ0) is 12.4. The highest BCUT2D eigenvalue weighted by Gasteiger charge is 2.09. The zero-order valence-corrected chi connectivity index (χ0v) is 11.2. The number of hydrogen-bond donors (Lipinski definition) is 1. The summed E-state index contributed by atoms with van der Waals surface area (Å²) < 4.78 is 0. The highest BCUT2D eigenvalue weighted by atomic mass is 32.1. The molecule has 18 heavy (non-hydrogen) atoms. The third kappa shape index (κ3) is 2.37. The molecule has 2 aromatic carbocycles.